The Bertz CT molecular complexity index is 624. The van der Waals surface area contributed by atoms with Gasteiger partial charge < -0.3 is 4.74 Å². The molecule has 0 fully saturated rings. The minimum Gasteiger partial charge on any atom is -0.444 e. The molecule has 1 N–H and O–H groups in total. The molecule has 0 spiro atoms. The summed E-state index contributed by atoms with van der Waals surface area (Å²) in [6.45, 7) is 4.84. The molecule has 1 aromatic carbocycles. The number of amides is 2. The highest BCUT2D eigenvalue weighted by molar-refractivity contribution is 5.96. The normalized spacial score (nSPS) is 11.8. The summed E-state index contributed by atoms with van der Waals surface area (Å²) in [6.07, 6.45) is -5.62. The SMILES string of the molecule is CON(C)C(=O)c1cc(NC(=O)OC(C)(C)C)cc(C(F)(F)F)c1. The maximum atomic E-state index is 13.0. The van der Waals surface area contributed by atoms with Crippen LogP contribution in [-0.2, 0) is 15.8 Å². The number of nitrogens with zero attached hydrogens (tertiary/aromatic N) is 1. The number of carbonyl (C=O) groups is 2. The number of anilines is 1. The Hall–Kier alpha value is -2.29. The average molecular weight is 348 g/mol. The lowest BCUT2D eigenvalue weighted by atomic mass is 10.1. The van der Waals surface area contributed by atoms with E-state index in [4.69, 9.17) is 4.74 Å². The second-order valence-corrected chi connectivity index (χ2v) is 5.91. The van der Waals surface area contributed by atoms with Gasteiger partial charge in [0.25, 0.3) is 5.91 Å². The molecular weight excluding hydrogens is 329 g/mol. The van der Waals surface area contributed by atoms with E-state index in [1.54, 1.807) is 20.8 Å². The highest BCUT2D eigenvalue weighted by Gasteiger charge is 2.32. The van der Waals surface area contributed by atoms with E-state index < -0.39 is 29.3 Å². The number of hydrogen-bond acceptors (Lipinski definition) is 4. The molecule has 134 valence electrons. The van der Waals surface area contributed by atoms with Gasteiger partial charge in [0.1, 0.15) is 5.60 Å². The molecule has 0 saturated carbocycles. The number of hydrogen-bond donors (Lipinski definition) is 1. The van der Waals surface area contributed by atoms with E-state index >= 15 is 0 Å². The number of alkyl halides is 3. The van der Waals surface area contributed by atoms with Gasteiger partial charge >= 0.3 is 12.3 Å². The van der Waals surface area contributed by atoms with E-state index in [9.17, 15) is 22.8 Å². The molecule has 1 aromatic rings. The molecule has 0 radical (unpaired) electrons. The largest absolute Gasteiger partial charge is 0.444 e. The second kappa shape index (κ2) is 7.08. The summed E-state index contributed by atoms with van der Waals surface area (Å²) in [7, 11) is 2.45. The summed E-state index contributed by atoms with van der Waals surface area (Å²) in [5, 5.41) is 2.96. The minimum absolute atomic E-state index is 0.216. The topological polar surface area (TPSA) is 67.9 Å². The van der Waals surface area contributed by atoms with Crippen LogP contribution in [0.25, 0.3) is 0 Å². The number of rotatable bonds is 3. The Kier molecular flexibility index (Phi) is 5.83. The van der Waals surface area contributed by atoms with Crippen molar-refractivity contribution in [3.8, 4) is 0 Å². The van der Waals surface area contributed by atoms with Gasteiger partial charge in [-0.2, -0.15) is 13.2 Å². The molecule has 1 rings (SSSR count). The number of ether oxygens (including phenoxy) is 1. The van der Waals surface area contributed by atoms with Crippen LogP contribution in [-0.4, -0.2) is 36.8 Å². The van der Waals surface area contributed by atoms with Gasteiger partial charge in [0.15, 0.2) is 0 Å². The predicted molar refractivity (Wildman–Crippen MR) is 80.4 cm³/mol. The van der Waals surface area contributed by atoms with Gasteiger partial charge in [-0.1, -0.05) is 0 Å². The van der Waals surface area contributed by atoms with E-state index in [2.05, 4.69) is 10.2 Å². The fourth-order valence-corrected chi connectivity index (χ4v) is 1.67. The predicted octanol–water partition coefficient (Wildman–Crippen LogP) is 3.69. The van der Waals surface area contributed by atoms with Crippen LogP contribution in [0.2, 0.25) is 0 Å². The maximum Gasteiger partial charge on any atom is 0.416 e. The Morgan fingerprint density at radius 3 is 2.17 bits per heavy atom. The highest BCUT2D eigenvalue weighted by atomic mass is 19.4. The van der Waals surface area contributed by atoms with Crippen LogP contribution in [0.3, 0.4) is 0 Å². The van der Waals surface area contributed by atoms with Crippen LogP contribution in [0.4, 0.5) is 23.7 Å². The van der Waals surface area contributed by atoms with Gasteiger partial charge in [-0.15, -0.1) is 0 Å². The van der Waals surface area contributed by atoms with Crippen LogP contribution in [0.15, 0.2) is 18.2 Å². The smallest absolute Gasteiger partial charge is 0.416 e. The Morgan fingerprint density at radius 2 is 1.71 bits per heavy atom. The van der Waals surface area contributed by atoms with E-state index in [0.717, 1.165) is 11.1 Å². The van der Waals surface area contributed by atoms with Crippen molar-refractivity contribution in [2.24, 2.45) is 0 Å². The quantitative estimate of drug-likeness (QED) is 0.846. The zero-order chi connectivity index (χ0) is 18.7. The van der Waals surface area contributed by atoms with Crippen molar-refractivity contribution in [1.82, 2.24) is 5.06 Å². The number of benzene rings is 1. The molecular formula is C15H19F3N2O4. The third-order valence-electron chi connectivity index (χ3n) is 2.71. The van der Waals surface area contributed by atoms with Gasteiger partial charge in [0.2, 0.25) is 0 Å². The molecule has 2 amide bonds. The first-order chi connectivity index (χ1) is 10.8. The minimum atomic E-state index is -4.69. The van der Waals surface area contributed by atoms with Crippen molar-refractivity contribution in [2.45, 2.75) is 32.5 Å². The molecule has 0 aliphatic heterocycles. The molecule has 0 aromatic heterocycles. The molecule has 0 saturated heterocycles. The third-order valence-corrected chi connectivity index (χ3v) is 2.71. The fourth-order valence-electron chi connectivity index (χ4n) is 1.67. The van der Waals surface area contributed by atoms with E-state index in [1.165, 1.54) is 14.2 Å². The lowest BCUT2D eigenvalue weighted by Crippen LogP contribution is -2.28. The zero-order valence-corrected chi connectivity index (χ0v) is 13.9. The standard InChI is InChI=1S/C15H19F3N2O4/c1-14(2,3)24-13(22)19-11-7-9(12(21)20(4)23-5)6-10(8-11)15(16,17)18/h6-8H,1-5H3,(H,19,22). The first kappa shape index (κ1) is 19.8. The number of hydroxylamine groups is 2. The lowest BCUT2D eigenvalue weighted by Gasteiger charge is -2.20. The van der Waals surface area contributed by atoms with Crippen molar-refractivity contribution in [2.75, 3.05) is 19.5 Å². The van der Waals surface area contributed by atoms with Crippen LogP contribution >= 0.6 is 0 Å². The molecule has 0 bridgehead atoms. The van der Waals surface area contributed by atoms with Crippen LogP contribution in [0, 0.1) is 0 Å². The van der Waals surface area contributed by atoms with Crippen LogP contribution in [0.1, 0.15) is 36.7 Å². The van der Waals surface area contributed by atoms with Crippen LogP contribution in [0.5, 0.6) is 0 Å². The summed E-state index contributed by atoms with van der Waals surface area (Å²) < 4.78 is 44.0. The number of nitrogens with one attached hydrogen (secondary N) is 1. The van der Waals surface area contributed by atoms with Gasteiger partial charge in [-0.25, -0.2) is 9.86 Å². The highest BCUT2D eigenvalue weighted by Crippen LogP contribution is 2.32. The Morgan fingerprint density at radius 1 is 1.12 bits per heavy atom. The Balaban J connectivity index is 3.20. The van der Waals surface area contributed by atoms with Crippen molar-refractivity contribution in [3.05, 3.63) is 29.3 Å². The first-order valence-electron chi connectivity index (χ1n) is 6.88. The maximum absolute atomic E-state index is 13.0. The second-order valence-electron chi connectivity index (χ2n) is 5.91. The Labute approximate surface area is 137 Å². The molecule has 24 heavy (non-hydrogen) atoms. The molecule has 6 nitrogen and oxygen atoms in total. The van der Waals surface area contributed by atoms with Gasteiger partial charge in [0, 0.05) is 18.3 Å². The first-order valence-corrected chi connectivity index (χ1v) is 6.88. The molecule has 0 unspecified atom stereocenters. The average Bonchev–Trinajstić information content (AvgIpc) is 2.42. The fraction of sp³-hybridized carbons (Fsp3) is 0.467. The van der Waals surface area contributed by atoms with Gasteiger partial charge in [-0.05, 0) is 39.0 Å². The summed E-state index contributed by atoms with van der Waals surface area (Å²) >= 11 is 0. The van der Waals surface area contributed by atoms with Gasteiger partial charge in [0.05, 0.1) is 12.7 Å². The number of halogens is 3. The van der Waals surface area contributed by atoms with Gasteiger partial charge in [-0.3, -0.25) is 14.9 Å². The molecule has 0 aliphatic carbocycles. The molecule has 0 atom stereocenters. The lowest BCUT2D eigenvalue weighted by molar-refractivity contribution is -0.137. The van der Waals surface area contributed by atoms with Crippen molar-refractivity contribution >= 4 is 17.7 Å². The van der Waals surface area contributed by atoms with Crippen molar-refractivity contribution < 1.29 is 32.3 Å². The molecule has 0 heterocycles. The van der Waals surface area contributed by atoms with E-state index in [1.807, 2.05) is 0 Å². The number of carbonyl (C=O) groups excluding carboxylic acids is 2. The summed E-state index contributed by atoms with van der Waals surface area (Å²) in [6, 6.07) is 2.50. The summed E-state index contributed by atoms with van der Waals surface area (Å²) in [5.74, 6) is -0.796. The molecule has 9 heteroatoms. The van der Waals surface area contributed by atoms with Crippen molar-refractivity contribution in [3.63, 3.8) is 0 Å². The summed E-state index contributed by atoms with van der Waals surface area (Å²) in [4.78, 5) is 28.4. The zero-order valence-electron chi connectivity index (χ0n) is 13.9. The van der Waals surface area contributed by atoms with E-state index in [-0.39, 0.29) is 11.3 Å². The third kappa shape index (κ3) is 5.73. The monoisotopic (exact) mass is 348 g/mol. The summed E-state index contributed by atoms with van der Waals surface area (Å²) in [5.41, 5.74) is -2.41. The van der Waals surface area contributed by atoms with Crippen molar-refractivity contribution in [1.29, 1.82) is 0 Å². The molecule has 0 aliphatic rings. The van der Waals surface area contributed by atoms with Crippen LogP contribution < -0.4 is 5.32 Å². The van der Waals surface area contributed by atoms with E-state index in [0.29, 0.717) is 12.1 Å².